The molecule has 0 radical (unpaired) electrons. The molecule has 0 amide bonds. The van der Waals surface area contributed by atoms with Crippen LogP contribution in [0.15, 0.2) is 59.5 Å². The first-order valence-corrected chi connectivity index (χ1v) is 10.7. The number of halogens is 3. The molecule has 0 saturated heterocycles. The summed E-state index contributed by atoms with van der Waals surface area (Å²) >= 11 is 0. The van der Waals surface area contributed by atoms with Gasteiger partial charge in [-0.15, -0.1) is 13.2 Å². The van der Waals surface area contributed by atoms with Crippen LogP contribution in [-0.4, -0.2) is 38.8 Å². The van der Waals surface area contributed by atoms with E-state index in [0.29, 0.717) is 11.6 Å². The number of benzene rings is 2. The van der Waals surface area contributed by atoms with Gasteiger partial charge < -0.3 is 15.0 Å². The molecular formula is C20H20F3N5O3S. The first kappa shape index (κ1) is 23.1. The summed E-state index contributed by atoms with van der Waals surface area (Å²) in [4.78, 5) is 10.3. The van der Waals surface area contributed by atoms with Crippen LogP contribution in [0.5, 0.6) is 5.75 Å². The zero-order chi connectivity index (χ0) is 23.5. The van der Waals surface area contributed by atoms with Crippen LogP contribution in [0, 0.1) is 6.92 Å². The van der Waals surface area contributed by atoms with E-state index in [1.54, 1.807) is 12.1 Å². The summed E-state index contributed by atoms with van der Waals surface area (Å²) in [5.41, 5.74) is 1.68. The summed E-state index contributed by atoms with van der Waals surface area (Å²) in [6.45, 7) is 1.85. The normalized spacial score (nSPS) is 11.7. The van der Waals surface area contributed by atoms with Gasteiger partial charge in [0.05, 0.1) is 4.90 Å². The zero-order valence-electron chi connectivity index (χ0n) is 17.3. The van der Waals surface area contributed by atoms with Gasteiger partial charge in [-0.05, 0) is 55.5 Å². The number of hydrogen-bond donors (Lipinski definition) is 2. The highest BCUT2D eigenvalue weighted by atomic mass is 32.2. The maximum Gasteiger partial charge on any atom is 0.573 e. The molecule has 0 fully saturated rings. The van der Waals surface area contributed by atoms with Gasteiger partial charge in [-0.1, -0.05) is 0 Å². The Bertz CT molecular complexity index is 1180. The minimum Gasteiger partial charge on any atom is -0.406 e. The monoisotopic (exact) mass is 467 g/mol. The molecule has 0 atom stereocenters. The number of hydrogen-bond acceptors (Lipinski definition) is 7. The van der Waals surface area contributed by atoms with Gasteiger partial charge >= 0.3 is 6.36 Å². The lowest BCUT2D eigenvalue weighted by molar-refractivity contribution is -0.274. The standard InChI is InChI=1S/C20H20F3N5O3S/c1-13-12-18(28(2)3)26-19(24-13)25-14-4-6-15(7-5-14)27-32(29,30)17-10-8-16(9-11-17)31-20(21,22)23/h4-12,27H,1-3H3,(H,24,25,26). The highest BCUT2D eigenvalue weighted by molar-refractivity contribution is 7.92. The van der Waals surface area contributed by atoms with Crippen LogP contribution in [0.1, 0.15) is 5.69 Å². The Morgan fingerprint density at radius 3 is 2.09 bits per heavy atom. The topological polar surface area (TPSA) is 96.5 Å². The van der Waals surface area contributed by atoms with Crippen LogP contribution in [0.2, 0.25) is 0 Å². The Morgan fingerprint density at radius 1 is 0.938 bits per heavy atom. The van der Waals surface area contributed by atoms with Gasteiger partial charge in [0.15, 0.2) is 0 Å². The van der Waals surface area contributed by atoms with E-state index in [-0.39, 0.29) is 10.6 Å². The predicted molar refractivity (Wildman–Crippen MR) is 115 cm³/mol. The van der Waals surface area contributed by atoms with Crippen LogP contribution >= 0.6 is 0 Å². The van der Waals surface area contributed by atoms with Gasteiger partial charge in [0.2, 0.25) is 5.95 Å². The molecule has 2 aromatic carbocycles. The minimum absolute atomic E-state index is 0.210. The van der Waals surface area contributed by atoms with Gasteiger partial charge in [-0.3, -0.25) is 4.72 Å². The van der Waals surface area contributed by atoms with Crippen molar-refractivity contribution in [1.29, 1.82) is 0 Å². The molecule has 0 aliphatic rings. The van der Waals surface area contributed by atoms with E-state index in [4.69, 9.17) is 0 Å². The molecule has 8 nitrogen and oxygen atoms in total. The van der Waals surface area contributed by atoms with E-state index in [1.165, 1.54) is 12.1 Å². The molecule has 1 aromatic heterocycles. The van der Waals surface area contributed by atoms with Crippen molar-refractivity contribution in [2.24, 2.45) is 0 Å². The number of nitrogens with zero attached hydrogens (tertiary/aromatic N) is 3. The quantitative estimate of drug-likeness (QED) is 0.535. The lowest BCUT2D eigenvalue weighted by Gasteiger charge is -2.14. The first-order valence-electron chi connectivity index (χ1n) is 9.20. The SMILES string of the molecule is Cc1cc(N(C)C)nc(Nc2ccc(NS(=O)(=O)c3ccc(OC(F)(F)F)cc3)cc2)n1. The maximum atomic E-state index is 12.5. The third kappa shape index (κ3) is 6.23. The number of alkyl halides is 3. The van der Waals surface area contributed by atoms with E-state index in [9.17, 15) is 21.6 Å². The molecule has 2 N–H and O–H groups in total. The largest absolute Gasteiger partial charge is 0.573 e. The summed E-state index contributed by atoms with van der Waals surface area (Å²) in [6, 6.07) is 12.1. The lowest BCUT2D eigenvalue weighted by Crippen LogP contribution is -2.17. The smallest absolute Gasteiger partial charge is 0.406 e. The molecule has 12 heteroatoms. The molecule has 3 rings (SSSR count). The van der Waals surface area contributed by atoms with Gasteiger partial charge in [-0.2, -0.15) is 4.98 Å². The summed E-state index contributed by atoms with van der Waals surface area (Å²) < 4.78 is 67.8. The minimum atomic E-state index is -4.86. The summed E-state index contributed by atoms with van der Waals surface area (Å²) in [7, 11) is -0.275. The Hall–Kier alpha value is -3.54. The lowest BCUT2D eigenvalue weighted by atomic mass is 10.3. The molecular weight excluding hydrogens is 447 g/mol. The van der Waals surface area contributed by atoms with Gasteiger partial charge in [-0.25, -0.2) is 13.4 Å². The third-order valence-electron chi connectivity index (χ3n) is 4.06. The maximum absolute atomic E-state index is 12.5. The fraction of sp³-hybridized carbons (Fsp3) is 0.200. The van der Waals surface area contributed by atoms with Crippen molar-refractivity contribution in [3.05, 3.63) is 60.3 Å². The Kier molecular flexibility index (Phi) is 6.44. The van der Waals surface area contributed by atoms with Gasteiger partial charge in [0.1, 0.15) is 11.6 Å². The summed E-state index contributed by atoms with van der Waals surface area (Å²) in [6.07, 6.45) is -4.86. The molecule has 0 aliphatic carbocycles. The van der Waals surface area contributed by atoms with Gasteiger partial charge in [0, 0.05) is 37.2 Å². The fourth-order valence-corrected chi connectivity index (χ4v) is 3.68. The number of rotatable bonds is 7. The van der Waals surface area contributed by atoms with E-state index >= 15 is 0 Å². The highest BCUT2D eigenvalue weighted by Crippen LogP contribution is 2.25. The molecule has 3 aromatic rings. The second kappa shape index (κ2) is 8.91. The Balaban J connectivity index is 1.70. The molecule has 32 heavy (non-hydrogen) atoms. The van der Waals surface area contributed by atoms with Crippen LogP contribution in [0.4, 0.5) is 36.3 Å². The predicted octanol–water partition coefficient (Wildman–Crippen LogP) is 4.29. The molecule has 0 saturated carbocycles. The fourth-order valence-electron chi connectivity index (χ4n) is 2.62. The van der Waals surface area contributed by atoms with Crippen LogP contribution in [0.25, 0.3) is 0 Å². The van der Waals surface area contributed by atoms with E-state index in [1.807, 2.05) is 32.0 Å². The van der Waals surface area contributed by atoms with Crippen LogP contribution < -0.4 is 19.7 Å². The Morgan fingerprint density at radius 2 is 1.53 bits per heavy atom. The van der Waals surface area contributed by atoms with Crippen molar-refractivity contribution >= 4 is 33.2 Å². The number of sulfonamides is 1. The molecule has 1 heterocycles. The molecule has 0 bridgehead atoms. The van der Waals surface area contributed by atoms with Crippen molar-refractivity contribution < 1.29 is 26.3 Å². The average molecular weight is 467 g/mol. The molecule has 170 valence electrons. The van der Waals surface area contributed by atoms with Crippen molar-refractivity contribution in [2.45, 2.75) is 18.2 Å². The summed E-state index contributed by atoms with van der Waals surface area (Å²) in [5.74, 6) is 0.613. The highest BCUT2D eigenvalue weighted by Gasteiger charge is 2.31. The van der Waals surface area contributed by atoms with Crippen molar-refractivity contribution in [2.75, 3.05) is 29.0 Å². The van der Waals surface area contributed by atoms with Crippen molar-refractivity contribution in [1.82, 2.24) is 9.97 Å². The Labute approximate surface area is 183 Å². The number of ether oxygens (including phenoxy) is 1. The van der Waals surface area contributed by atoms with Crippen LogP contribution in [-0.2, 0) is 10.0 Å². The second-order valence-corrected chi connectivity index (χ2v) is 8.60. The molecule has 0 spiro atoms. The average Bonchev–Trinajstić information content (AvgIpc) is 2.68. The van der Waals surface area contributed by atoms with Crippen LogP contribution in [0.3, 0.4) is 0 Å². The third-order valence-corrected chi connectivity index (χ3v) is 5.46. The zero-order valence-corrected chi connectivity index (χ0v) is 18.1. The first-order chi connectivity index (χ1) is 14.9. The van der Waals surface area contributed by atoms with E-state index in [0.717, 1.165) is 35.8 Å². The summed E-state index contributed by atoms with van der Waals surface area (Å²) in [5, 5.41) is 3.05. The molecule has 0 aliphatic heterocycles. The van der Waals surface area contributed by atoms with Gasteiger partial charge in [0.25, 0.3) is 10.0 Å². The number of nitrogens with one attached hydrogen (secondary N) is 2. The second-order valence-electron chi connectivity index (χ2n) is 6.91. The van der Waals surface area contributed by atoms with E-state index < -0.39 is 22.1 Å². The van der Waals surface area contributed by atoms with Crippen molar-refractivity contribution in [3.63, 3.8) is 0 Å². The molecule has 0 unspecified atom stereocenters. The van der Waals surface area contributed by atoms with E-state index in [2.05, 4.69) is 24.7 Å². The van der Waals surface area contributed by atoms with Crippen molar-refractivity contribution in [3.8, 4) is 5.75 Å². The number of aromatic nitrogens is 2. The number of aryl methyl sites for hydroxylation is 1. The number of anilines is 4.